The Bertz CT molecular complexity index is 999. The zero-order chi connectivity index (χ0) is 18.0. The van der Waals surface area contributed by atoms with Crippen LogP contribution in [0.4, 0.5) is 0 Å². The standard InChI is InChI=1S/C20H22N2O2S/c1-5-11-22-18-16(24-4)7-6-8-17(18)25-20(22)21-19(23)15-10-9-13(2)14(3)12-15/h6-10,12H,5,11H2,1-4H3. The lowest BCUT2D eigenvalue weighted by molar-refractivity contribution is 0.0997. The van der Waals surface area contributed by atoms with E-state index in [-0.39, 0.29) is 5.91 Å². The van der Waals surface area contributed by atoms with Crippen molar-refractivity contribution >= 4 is 27.5 Å². The Morgan fingerprint density at radius 2 is 2.00 bits per heavy atom. The number of hydrogen-bond acceptors (Lipinski definition) is 3. The third-order valence-corrected chi connectivity index (χ3v) is 5.33. The van der Waals surface area contributed by atoms with E-state index in [1.807, 2.05) is 50.2 Å². The fourth-order valence-corrected chi connectivity index (χ4v) is 3.88. The number of nitrogens with zero attached hydrogens (tertiary/aromatic N) is 2. The van der Waals surface area contributed by atoms with Crippen molar-refractivity contribution in [3.63, 3.8) is 0 Å². The van der Waals surface area contributed by atoms with Gasteiger partial charge in [-0.15, -0.1) is 0 Å². The molecule has 0 N–H and O–H groups in total. The highest BCUT2D eigenvalue weighted by atomic mass is 32.1. The largest absolute Gasteiger partial charge is 0.495 e. The van der Waals surface area contributed by atoms with Crippen LogP contribution in [0, 0.1) is 13.8 Å². The lowest BCUT2D eigenvalue weighted by atomic mass is 10.1. The summed E-state index contributed by atoms with van der Waals surface area (Å²) in [5, 5.41) is 0. The number of ether oxygens (including phenoxy) is 1. The molecule has 1 amide bonds. The van der Waals surface area contributed by atoms with Crippen molar-refractivity contribution in [1.29, 1.82) is 0 Å². The number of carbonyl (C=O) groups is 1. The number of methoxy groups -OCH3 is 1. The monoisotopic (exact) mass is 354 g/mol. The van der Waals surface area contributed by atoms with Gasteiger partial charge in [-0.05, 0) is 55.7 Å². The summed E-state index contributed by atoms with van der Waals surface area (Å²) in [5.41, 5.74) is 3.89. The highest BCUT2D eigenvalue weighted by Crippen LogP contribution is 2.27. The van der Waals surface area contributed by atoms with Gasteiger partial charge in [-0.1, -0.05) is 30.4 Å². The van der Waals surface area contributed by atoms with Gasteiger partial charge < -0.3 is 9.30 Å². The molecule has 0 aliphatic heterocycles. The fourth-order valence-electron chi connectivity index (χ4n) is 2.80. The molecule has 4 nitrogen and oxygen atoms in total. The van der Waals surface area contributed by atoms with Gasteiger partial charge in [0.25, 0.3) is 5.91 Å². The summed E-state index contributed by atoms with van der Waals surface area (Å²) in [4.78, 5) is 17.8. The molecule has 0 atom stereocenters. The SMILES string of the molecule is CCCn1c(=NC(=O)c2ccc(C)c(C)c2)sc2cccc(OC)c21. The van der Waals surface area contributed by atoms with Crippen LogP contribution in [0.3, 0.4) is 0 Å². The van der Waals surface area contributed by atoms with Gasteiger partial charge in [-0.25, -0.2) is 0 Å². The smallest absolute Gasteiger partial charge is 0.279 e. The molecule has 3 aromatic rings. The lowest BCUT2D eigenvalue weighted by Crippen LogP contribution is -2.17. The Labute approximate surface area is 151 Å². The Kier molecular flexibility index (Phi) is 5.04. The number of para-hydroxylation sites is 1. The number of hydrogen-bond donors (Lipinski definition) is 0. The van der Waals surface area contributed by atoms with E-state index in [9.17, 15) is 4.79 Å². The summed E-state index contributed by atoms with van der Waals surface area (Å²) in [6.45, 7) is 6.95. The Morgan fingerprint density at radius 3 is 2.68 bits per heavy atom. The molecule has 0 saturated heterocycles. The predicted molar refractivity (Wildman–Crippen MR) is 102 cm³/mol. The second-order valence-electron chi connectivity index (χ2n) is 6.06. The highest BCUT2D eigenvalue weighted by Gasteiger charge is 2.12. The maximum absolute atomic E-state index is 12.7. The molecule has 2 aromatic carbocycles. The number of amides is 1. The molecule has 25 heavy (non-hydrogen) atoms. The third kappa shape index (κ3) is 3.37. The summed E-state index contributed by atoms with van der Waals surface area (Å²) in [5.74, 6) is 0.598. The molecule has 0 saturated carbocycles. The minimum absolute atomic E-state index is 0.210. The van der Waals surface area contributed by atoms with Gasteiger partial charge in [0, 0.05) is 12.1 Å². The van der Waals surface area contributed by atoms with E-state index < -0.39 is 0 Å². The highest BCUT2D eigenvalue weighted by molar-refractivity contribution is 7.16. The molecule has 0 aliphatic carbocycles. The summed E-state index contributed by atoms with van der Waals surface area (Å²) in [7, 11) is 1.67. The third-order valence-electron chi connectivity index (χ3n) is 4.28. The van der Waals surface area contributed by atoms with Gasteiger partial charge in [0.05, 0.1) is 11.8 Å². The van der Waals surface area contributed by atoms with Crippen molar-refractivity contribution in [3.8, 4) is 5.75 Å². The van der Waals surface area contributed by atoms with Crippen molar-refractivity contribution in [2.45, 2.75) is 33.7 Å². The van der Waals surface area contributed by atoms with Crippen LogP contribution in [-0.4, -0.2) is 17.6 Å². The molecular weight excluding hydrogens is 332 g/mol. The maximum atomic E-state index is 12.7. The molecule has 5 heteroatoms. The Hall–Kier alpha value is -2.40. The van der Waals surface area contributed by atoms with Crippen molar-refractivity contribution < 1.29 is 9.53 Å². The molecule has 0 unspecified atom stereocenters. The van der Waals surface area contributed by atoms with E-state index in [4.69, 9.17) is 4.74 Å². The van der Waals surface area contributed by atoms with Crippen LogP contribution in [0.1, 0.15) is 34.8 Å². The Morgan fingerprint density at radius 1 is 1.20 bits per heavy atom. The van der Waals surface area contributed by atoms with Gasteiger partial charge in [0.2, 0.25) is 0 Å². The van der Waals surface area contributed by atoms with E-state index >= 15 is 0 Å². The molecule has 3 rings (SSSR count). The number of rotatable bonds is 4. The first kappa shape index (κ1) is 17.4. The van der Waals surface area contributed by atoms with Crippen LogP contribution in [0.25, 0.3) is 10.2 Å². The van der Waals surface area contributed by atoms with E-state index in [0.717, 1.165) is 34.5 Å². The molecule has 0 spiro atoms. The van der Waals surface area contributed by atoms with Gasteiger partial charge in [-0.3, -0.25) is 4.79 Å². The zero-order valence-corrected chi connectivity index (χ0v) is 15.8. The first-order chi connectivity index (χ1) is 12.0. The van der Waals surface area contributed by atoms with Crippen LogP contribution in [0.2, 0.25) is 0 Å². The average Bonchev–Trinajstić information content (AvgIpc) is 2.95. The topological polar surface area (TPSA) is 43.6 Å². The minimum Gasteiger partial charge on any atom is -0.495 e. The van der Waals surface area contributed by atoms with Crippen molar-refractivity contribution in [2.24, 2.45) is 4.99 Å². The average molecular weight is 354 g/mol. The normalized spacial score (nSPS) is 11.9. The molecular formula is C20H22N2O2S. The van der Waals surface area contributed by atoms with Crippen molar-refractivity contribution in [3.05, 3.63) is 57.9 Å². The van der Waals surface area contributed by atoms with Crippen LogP contribution in [0.5, 0.6) is 5.75 Å². The van der Waals surface area contributed by atoms with Crippen LogP contribution in [-0.2, 0) is 6.54 Å². The van der Waals surface area contributed by atoms with E-state index in [2.05, 4.69) is 16.5 Å². The van der Waals surface area contributed by atoms with Crippen LogP contribution < -0.4 is 9.54 Å². The quantitative estimate of drug-likeness (QED) is 0.693. The molecule has 130 valence electrons. The van der Waals surface area contributed by atoms with E-state index in [1.165, 1.54) is 16.9 Å². The van der Waals surface area contributed by atoms with E-state index in [0.29, 0.717) is 10.4 Å². The van der Waals surface area contributed by atoms with Crippen LogP contribution in [0.15, 0.2) is 41.4 Å². The number of benzene rings is 2. The summed E-state index contributed by atoms with van der Waals surface area (Å²) < 4.78 is 8.66. The molecule has 1 heterocycles. The molecule has 0 radical (unpaired) electrons. The van der Waals surface area contributed by atoms with Gasteiger partial charge in [-0.2, -0.15) is 4.99 Å². The number of carbonyl (C=O) groups excluding carboxylic acids is 1. The molecule has 0 bridgehead atoms. The Balaban J connectivity index is 2.16. The minimum atomic E-state index is -0.210. The summed E-state index contributed by atoms with van der Waals surface area (Å²) >= 11 is 1.52. The second-order valence-corrected chi connectivity index (χ2v) is 7.07. The van der Waals surface area contributed by atoms with Gasteiger partial charge >= 0.3 is 0 Å². The number of fused-ring (bicyclic) bond motifs is 1. The van der Waals surface area contributed by atoms with Gasteiger partial charge in [0.15, 0.2) is 4.80 Å². The summed E-state index contributed by atoms with van der Waals surface area (Å²) in [6.07, 6.45) is 0.953. The fraction of sp³-hybridized carbons (Fsp3) is 0.300. The zero-order valence-electron chi connectivity index (χ0n) is 15.0. The van der Waals surface area contributed by atoms with Gasteiger partial charge in [0.1, 0.15) is 11.3 Å². The first-order valence-electron chi connectivity index (χ1n) is 8.37. The van der Waals surface area contributed by atoms with E-state index in [1.54, 1.807) is 7.11 Å². The number of aryl methyl sites for hydroxylation is 3. The maximum Gasteiger partial charge on any atom is 0.279 e. The second kappa shape index (κ2) is 7.23. The number of thiazole rings is 1. The molecule has 1 aromatic heterocycles. The van der Waals surface area contributed by atoms with Crippen LogP contribution >= 0.6 is 11.3 Å². The molecule has 0 fully saturated rings. The predicted octanol–water partition coefficient (Wildman–Crippen LogP) is 4.48. The van der Waals surface area contributed by atoms with Crippen molar-refractivity contribution in [1.82, 2.24) is 4.57 Å². The lowest BCUT2D eigenvalue weighted by Gasteiger charge is -2.07. The molecule has 0 aliphatic rings. The summed E-state index contributed by atoms with van der Waals surface area (Å²) in [6, 6.07) is 11.6. The number of aromatic nitrogens is 1. The first-order valence-corrected chi connectivity index (χ1v) is 9.19. The van der Waals surface area contributed by atoms with Crippen molar-refractivity contribution in [2.75, 3.05) is 7.11 Å².